The molecule has 90 valence electrons. The molecule has 1 fully saturated rings. The van der Waals surface area contributed by atoms with Gasteiger partial charge < -0.3 is 9.64 Å². The molecule has 2 rings (SSSR count). The van der Waals surface area contributed by atoms with Gasteiger partial charge in [0, 0.05) is 25.6 Å². The summed E-state index contributed by atoms with van der Waals surface area (Å²) in [4.78, 5) is 6.53. The van der Waals surface area contributed by atoms with Gasteiger partial charge in [0.15, 0.2) is 5.13 Å². The van der Waals surface area contributed by atoms with Gasteiger partial charge in [-0.25, -0.2) is 4.98 Å². The summed E-state index contributed by atoms with van der Waals surface area (Å²) < 4.78 is 5.59. The molecule has 16 heavy (non-hydrogen) atoms. The molecule has 0 bridgehead atoms. The number of thiazole rings is 1. The van der Waals surface area contributed by atoms with Gasteiger partial charge in [-0.05, 0) is 18.8 Å². The fourth-order valence-corrected chi connectivity index (χ4v) is 2.41. The molecule has 0 amide bonds. The molecule has 1 aliphatic rings. The van der Waals surface area contributed by atoms with Crippen molar-refractivity contribution in [3.63, 3.8) is 0 Å². The number of alkyl halides is 1. The molecule has 0 saturated heterocycles. The van der Waals surface area contributed by atoms with Crippen molar-refractivity contribution in [3.05, 3.63) is 11.1 Å². The van der Waals surface area contributed by atoms with E-state index in [-0.39, 0.29) is 0 Å². The van der Waals surface area contributed by atoms with E-state index < -0.39 is 0 Å². The number of halogens is 1. The van der Waals surface area contributed by atoms with Crippen LogP contribution in [-0.4, -0.2) is 31.8 Å². The molecule has 1 heterocycles. The van der Waals surface area contributed by atoms with Crippen molar-refractivity contribution < 1.29 is 4.74 Å². The van der Waals surface area contributed by atoms with Crippen LogP contribution in [-0.2, 0) is 10.6 Å². The van der Waals surface area contributed by atoms with Crippen molar-refractivity contribution >= 4 is 28.1 Å². The summed E-state index contributed by atoms with van der Waals surface area (Å²) in [6, 6.07) is 0. The molecule has 0 radical (unpaired) electrons. The van der Waals surface area contributed by atoms with Gasteiger partial charge in [0.25, 0.3) is 0 Å². The van der Waals surface area contributed by atoms with Crippen molar-refractivity contribution in [2.75, 3.05) is 31.7 Å². The minimum atomic E-state index is 0.489. The van der Waals surface area contributed by atoms with E-state index in [0.717, 1.165) is 36.5 Å². The van der Waals surface area contributed by atoms with Gasteiger partial charge in [-0.15, -0.1) is 22.9 Å². The summed E-state index contributed by atoms with van der Waals surface area (Å²) in [6.45, 7) is 2.60. The first kappa shape index (κ1) is 12.1. The Labute approximate surface area is 105 Å². The third-order valence-electron chi connectivity index (χ3n) is 2.62. The van der Waals surface area contributed by atoms with Crippen molar-refractivity contribution in [1.29, 1.82) is 0 Å². The average molecular weight is 261 g/mol. The highest BCUT2D eigenvalue weighted by Crippen LogP contribution is 2.28. The number of nitrogens with zero attached hydrogens (tertiary/aromatic N) is 2. The van der Waals surface area contributed by atoms with E-state index in [2.05, 4.69) is 9.88 Å². The number of anilines is 1. The van der Waals surface area contributed by atoms with Gasteiger partial charge in [0.2, 0.25) is 0 Å². The van der Waals surface area contributed by atoms with Gasteiger partial charge >= 0.3 is 0 Å². The minimum Gasteiger partial charge on any atom is -0.379 e. The minimum absolute atomic E-state index is 0.489. The maximum Gasteiger partial charge on any atom is 0.185 e. The number of aromatic nitrogens is 1. The molecule has 0 unspecified atom stereocenters. The summed E-state index contributed by atoms with van der Waals surface area (Å²) in [7, 11) is 2.04. The standard InChI is InChI=1S/C11H17ClN2OS/c1-14(4-5-15-7-9-2-3-9)11-13-10(6-12)8-16-11/h8-9H,2-7H2,1H3. The first-order valence-electron chi connectivity index (χ1n) is 5.59. The third-order valence-corrected chi connectivity index (χ3v) is 3.90. The molecule has 1 aromatic rings. The van der Waals surface area contributed by atoms with E-state index in [1.54, 1.807) is 11.3 Å². The number of likely N-dealkylation sites (N-methyl/N-ethyl adjacent to an activating group) is 1. The fraction of sp³-hybridized carbons (Fsp3) is 0.727. The van der Waals surface area contributed by atoms with E-state index in [9.17, 15) is 0 Å². The zero-order chi connectivity index (χ0) is 11.4. The highest BCUT2D eigenvalue weighted by Gasteiger charge is 2.21. The lowest BCUT2D eigenvalue weighted by atomic mass is 10.5. The third kappa shape index (κ3) is 3.61. The number of rotatable bonds is 7. The first-order chi connectivity index (χ1) is 7.79. The SMILES string of the molecule is CN(CCOCC1CC1)c1nc(CCl)cs1. The van der Waals surface area contributed by atoms with Crippen LogP contribution in [0.1, 0.15) is 18.5 Å². The van der Waals surface area contributed by atoms with Crippen LogP contribution in [0.25, 0.3) is 0 Å². The Morgan fingerprint density at radius 1 is 1.62 bits per heavy atom. The fourth-order valence-electron chi connectivity index (χ4n) is 1.36. The zero-order valence-corrected chi connectivity index (χ0v) is 11.1. The molecule has 0 atom stereocenters. The lowest BCUT2D eigenvalue weighted by Gasteiger charge is -2.15. The molecule has 5 heteroatoms. The van der Waals surface area contributed by atoms with Crippen molar-refractivity contribution in [1.82, 2.24) is 4.98 Å². The van der Waals surface area contributed by atoms with E-state index in [1.165, 1.54) is 12.8 Å². The summed E-state index contributed by atoms with van der Waals surface area (Å²) in [5.74, 6) is 1.33. The second-order valence-corrected chi connectivity index (χ2v) is 5.30. The molecule has 0 aromatic carbocycles. The first-order valence-corrected chi connectivity index (χ1v) is 7.00. The highest BCUT2D eigenvalue weighted by atomic mass is 35.5. The Kier molecular flexibility index (Phi) is 4.44. The smallest absolute Gasteiger partial charge is 0.185 e. The van der Waals surface area contributed by atoms with Crippen LogP contribution in [0.3, 0.4) is 0 Å². The molecule has 1 saturated carbocycles. The van der Waals surface area contributed by atoms with Crippen LogP contribution >= 0.6 is 22.9 Å². The Hall–Kier alpha value is -0.320. The van der Waals surface area contributed by atoms with Crippen LogP contribution < -0.4 is 4.90 Å². The van der Waals surface area contributed by atoms with Crippen molar-refractivity contribution in [2.24, 2.45) is 5.92 Å². The molecular formula is C11H17ClN2OS. The second-order valence-electron chi connectivity index (χ2n) is 4.19. The molecule has 3 nitrogen and oxygen atoms in total. The Morgan fingerprint density at radius 2 is 2.44 bits per heavy atom. The molecule has 0 spiro atoms. The van der Waals surface area contributed by atoms with Crippen LogP contribution in [0, 0.1) is 5.92 Å². The lowest BCUT2D eigenvalue weighted by Crippen LogP contribution is -2.22. The normalized spacial score (nSPS) is 15.4. The summed E-state index contributed by atoms with van der Waals surface area (Å²) in [6.07, 6.45) is 2.70. The quantitative estimate of drug-likeness (QED) is 0.557. The summed E-state index contributed by atoms with van der Waals surface area (Å²) in [5.41, 5.74) is 0.951. The number of hydrogen-bond acceptors (Lipinski definition) is 4. The highest BCUT2D eigenvalue weighted by molar-refractivity contribution is 7.13. The molecule has 0 aliphatic heterocycles. The molecule has 0 N–H and O–H groups in total. The van der Waals surface area contributed by atoms with Crippen molar-refractivity contribution in [3.8, 4) is 0 Å². The predicted molar refractivity (Wildman–Crippen MR) is 68.5 cm³/mol. The molecule has 1 aliphatic carbocycles. The van der Waals surface area contributed by atoms with Crippen LogP contribution in [0.4, 0.5) is 5.13 Å². The second kappa shape index (κ2) is 5.84. The number of hydrogen-bond donors (Lipinski definition) is 0. The van der Waals surface area contributed by atoms with Crippen LogP contribution in [0.15, 0.2) is 5.38 Å². The van der Waals surface area contributed by atoms with Crippen LogP contribution in [0.2, 0.25) is 0 Å². The van der Waals surface area contributed by atoms with E-state index in [4.69, 9.17) is 16.3 Å². The molecule has 1 aromatic heterocycles. The van der Waals surface area contributed by atoms with Crippen LogP contribution in [0.5, 0.6) is 0 Å². The largest absolute Gasteiger partial charge is 0.379 e. The number of ether oxygens (including phenoxy) is 1. The molecular weight excluding hydrogens is 244 g/mol. The maximum absolute atomic E-state index is 5.71. The van der Waals surface area contributed by atoms with E-state index in [0.29, 0.717) is 5.88 Å². The Balaban J connectivity index is 1.67. The zero-order valence-electron chi connectivity index (χ0n) is 9.49. The van der Waals surface area contributed by atoms with E-state index >= 15 is 0 Å². The van der Waals surface area contributed by atoms with Crippen molar-refractivity contribution in [2.45, 2.75) is 18.7 Å². The predicted octanol–water partition coefficient (Wildman–Crippen LogP) is 2.74. The Bertz CT molecular complexity index is 328. The summed E-state index contributed by atoms with van der Waals surface area (Å²) in [5, 5.41) is 3.02. The lowest BCUT2D eigenvalue weighted by molar-refractivity contribution is 0.131. The van der Waals surface area contributed by atoms with E-state index in [1.807, 2.05) is 12.4 Å². The van der Waals surface area contributed by atoms with Gasteiger partial charge in [0.1, 0.15) is 0 Å². The van der Waals surface area contributed by atoms with Gasteiger partial charge in [-0.3, -0.25) is 0 Å². The van der Waals surface area contributed by atoms with Gasteiger partial charge in [-0.1, -0.05) is 0 Å². The average Bonchev–Trinajstić information content (AvgIpc) is 2.99. The Morgan fingerprint density at radius 3 is 3.06 bits per heavy atom. The maximum atomic E-state index is 5.71. The summed E-state index contributed by atoms with van der Waals surface area (Å²) >= 11 is 7.35. The topological polar surface area (TPSA) is 25.4 Å². The van der Waals surface area contributed by atoms with Gasteiger partial charge in [-0.2, -0.15) is 0 Å². The van der Waals surface area contributed by atoms with Gasteiger partial charge in [0.05, 0.1) is 18.2 Å². The monoisotopic (exact) mass is 260 g/mol.